The van der Waals surface area contributed by atoms with Gasteiger partial charge < -0.3 is 0 Å². The molecule has 0 N–H and O–H groups in total. The van der Waals surface area contributed by atoms with E-state index in [2.05, 4.69) is 26.0 Å². The summed E-state index contributed by atoms with van der Waals surface area (Å²) < 4.78 is 0. The fourth-order valence-electron chi connectivity index (χ4n) is 1.04. The van der Waals surface area contributed by atoms with Crippen molar-refractivity contribution in [3.63, 3.8) is 0 Å². The third kappa shape index (κ3) is 10.7. The number of hydrogen-bond donors (Lipinski definition) is 0. The maximum absolute atomic E-state index is 11.3. The van der Waals surface area contributed by atoms with Gasteiger partial charge in [-0.25, -0.2) is 0 Å². The Balaban J connectivity index is 3.80. The Bertz CT molecular complexity index is 252. The van der Waals surface area contributed by atoms with Gasteiger partial charge in [-0.05, 0) is 25.0 Å². The summed E-state index contributed by atoms with van der Waals surface area (Å²) in [4.78, 5) is 11.3. The molecule has 0 aliphatic rings. The second kappa shape index (κ2) is 11.7. The van der Waals surface area contributed by atoms with E-state index in [4.69, 9.17) is 0 Å². The van der Waals surface area contributed by atoms with Gasteiger partial charge in [0.1, 0.15) is 0 Å². The van der Waals surface area contributed by atoms with Gasteiger partial charge in [0.05, 0.1) is 0 Å². The van der Waals surface area contributed by atoms with Crippen molar-refractivity contribution in [1.29, 1.82) is 0 Å². The van der Waals surface area contributed by atoms with Crippen LogP contribution < -0.4 is 0 Å². The number of allylic oxidation sites excluding steroid dienone is 8. The fourth-order valence-corrected chi connectivity index (χ4v) is 1.04. The zero-order valence-corrected chi connectivity index (χ0v) is 10.4. The van der Waals surface area contributed by atoms with Gasteiger partial charge in [0.25, 0.3) is 0 Å². The zero-order valence-electron chi connectivity index (χ0n) is 10.4. The molecule has 0 saturated heterocycles. The molecule has 0 saturated carbocycles. The summed E-state index contributed by atoms with van der Waals surface area (Å²) in [5.74, 6) is 0.0299. The van der Waals surface area contributed by atoms with Crippen LogP contribution in [0.4, 0.5) is 0 Å². The topological polar surface area (TPSA) is 17.1 Å². The largest absolute Gasteiger partial charge is 0.290 e. The van der Waals surface area contributed by atoms with Gasteiger partial charge in [-0.3, -0.25) is 4.79 Å². The molecule has 0 spiro atoms. The summed E-state index contributed by atoms with van der Waals surface area (Å²) in [7, 11) is 0. The Morgan fingerprint density at radius 1 is 0.812 bits per heavy atom. The highest BCUT2D eigenvalue weighted by molar-refractivity contribution is 5.99. The summed E-state index contributed by atoms with van der Waals surface area (Å²) in [6, 6.07) is 0. The molecule has 0 aromatic carbocycles. The SMILES string of the molecule is CCC/C=C/C=C/C(=O)/C=C/C=C/CCC. The van der Waals surface area contributed by atoms with E-state index in [1.165, 1.54) is 0 Å². The summed E-state index contributed by atoms with van der Waals surface area (Å²) >= 11 is 0. The standard InChI is InChI=1S/C15H22O/c1-3-5-7-9-11-13-15(16)14-12-10-8-6-4-2/h7-14H,3-6H2,1-2H3/b9-7+,10-8+,13-11+,14-12+. The highest BCUT2D eigenvalue weighted by Gasteiger charge is 1.83. The molecule has 16 heavy (non-hydrogen) atoms. The molecule has 0 aromatic heterocycles. The predicted molar refractivity (Wildman–Crippen MR) is 71.4 cm³/mol. The number of unbranched alkanes of at least 4 members (excludes halogenated alkanes) is 2. The molecule has 0 unspecified atom stereocenters. The van der Waals surface area contributed by atoms with Crippen LogP contribution in [0.5, 0.6) is 0 Å². The average Bonchev–Trinajstić information content (AvgIpc) is 2.28. The lowest BCUT2D eigenvalue weighted by molar-refractivity contribution is -0.110. The van der Waals surface area contributed by atoms with Gasteiger partial charge in [0.15, 0.2) is 5.78 Å². The first kappa shape index (κ1) is 14.6. The first-order valence-electron chi connectivity index (χ1n) is 6.01. The molecule has 0 radical (unpaired) electrons. The van der Waals surface area contributed by atoms with Gasteiger partial charge in [0.2, 0.25) is 0 Å². The fraction of sp³-hybridized carbons (Fsp3) is 0.400. The van der Waals surface area contributed by atoms with Crippen molar-refractivity contribution >= 4 is 5.78 Å². The first-order valence-corrected chi connectivity index (χ1v) is 6.01. The summed E-state index contributed by atoms with van der Waals surface area (Å²) in [6.45, 7) is 4.26. The van der Waals surface area contributed by atoms with Crippen molar-refractivity contribution in [3.8, 4) is 0 Å². The zero-order chi connectivity index (χ0) is 12.1. The van der Waals surface area contributed by atoms with Crippen molar-refractivity contribution in [1.82, 2.24) is 0 Å². The lowest BCUT2D eigenvalue weighted by Gasteiger charge is -1.82. The molecule has 0 rings (SSSR count). The lowest BCUT2D eigenvalue weighted by Crippen LogP contribution is -1.82. The van der Waals surface area contributed by atoms with E-state index in [1.54, 1.807) is 24.3 Å². The summed E-state index contributed by atoms with van der Waals surface area (Å²) in [5, 5.41) is 0. The minimum atomic E-state index is 0.0299. The molecule has 0 aliphatic heterocycles. The number of carbonyl (C=O) groups is 1. The van der Waals surface area contributed by atoms with Crippen LogP contribution in [0.15, 0.2) is 48.6 Å². The molecule has 1 nitrogen and oxygen atoms in total. The van der Waals surface area contributed by atoms with Gasteiger partial charge in [-0.1, -0.05) is 63.1 Å². The van der Waals surface area contributed by atoms with E-state index in [1.807, 2.05) is 12.2 Å². The minimum Gasteiger partial charge on any atom is -0.290 e. The monoisotopic (exact) mass is 218 g/mol. The van der Waals surface area contributed by atoms with Crippen LogP contribution in [0.3, 0.4) is 0 Å². The van der Waals surface area contributed by atoms with E-state index in [-0.39, 0.29) is 5.78 Å². The molecule has 0 bridgehead atoms. The van der Waals surface area contributed by atoms with Gasteiger partial charge in [0, 0.05) is 0 Å². The second-order valence-corrected chi connectivity index (χ2v) is 3.55. The van der Waals surface area contributed by atoms with E-state index in [0.717, 1.165) is 25.7 Å². The molecular formula is C15H22O. The number of carbonyl (C=O) groups excluding carboxylic acids is 1. The highest BCUT2D eigenvalue weighted by atomic mass is 16.1. The molecule has 0 aromatic rings. The molecule has 0 atom stereocenters. The molecule has 1 heteroatoms. The smallest absolute Gasteiger partial charge is 0.178 e. The van der Waals surface area contributed by atoms with Crippen LogP contribution in [0.25, 0.3) is 0 Å². The van der Waals surface area contributed by atoms with Crippen LogP contribution in [-0.4, -0.2) is 5.78 Å². The summed E-state index contributed by atoms with van der Waals surface area (Å²) in [6.07, 6.45) is 19.1. The molecule has 0 aliphatic carbocycles. The maximum atomic E-state index is 11.3. The van der Waals surface area contributed by atoms with Crippen molar-refractivity contribution in [2.75, 3.05) is 0 Å². The Morgan fingerprint density at radius 3 is 1.62 bits per heavy atom. The maximum Gasteiger partial charge on any atom is 0.178 e. The van der Waals surface area contributed by atoms with E-state index in [0.29, 0.717) is 0 Å². The van der Waals surface area contributed by atoms with Gasteiger partial charge >= 0.3 is 0 Å². The number of hydrogen-bond acceptors (Lipinski definition) is 1. The third-order valence-electron chi connectivity index (χ3n) is 1.93. The Kier molecular flexibility index (Phi) is 10.7. The van der Waals surface area contributed by atoms with Crippen LogP contribution in [0.1, 0.15) is 39.5 Å². The van der Waals surface area contributed by atoms with E-state index >= 15 is 0 Å². The second-order valence-electron chi connectivity index (χ2n) is 3.55. The van der Waals surface area contributed by atoms with Crippen LogP contribution in [0.2, 0.25) is 0 Å². The average molecular weight is 218 g/mol. The predicted octanol–water partition coefficient (Wildman–Crippen LogP) is 4.38. The van der Waals surface area contributed by atoms with Crippen molar-refractivity contribution < 1.29 is 4.79 Å². The van der Waals surface area contributed by atoms with Crippen LogP contribution >= 0.6 is 0 Å². The minimum absolute atomic E-state index is 0.0299. The molecular weight excluding hydrogens is 196 g/mol. The Morgan fingerprint density at radius 2 is 1.25 bits per heavy atom. The lowest BCUT2D eigenvalue weighted by atomic mass is 10.2. The molecule has 0 fully saturated rings. The summed E-state index contributed by atoms with van der Waals surface area (Å²) in [5.41, 5.74) is 0. The Hall–Kier alpha value is -1.37. The molecule has 0 amide bonds. The van der Waals surface area contributed by atoms with E-state index < -0.39 is 0 Å². The van der Waals surface area contributed by atoms with E-state index in [9.17, 15) is 4.79 Å². The van der Waals surface area contributed by atoms with Crippen molar-refractivity contribution in [2.24, 2.45) is 0 Å². The van der Waals surface area contributed by atoms with Crippen molar-refractivity contribution in [2.45, 2.75) is 39.5 Å². The number of ketones is 1. The quantitative estimate of drug-likeness (QED) is 0.436. The highest BCUT2D eigenvalue weighted by Crippen LogP contribution is 1.91. The van der Waals surface area contributed by atoms with Gasteiger partial charge in [-0.2, -0.15) is 0 Å². The molecule has 0 heterocycles. The van der Waals surface area contributed by atoms with Crippen molar-refractivity contribution in [3.05, 3.63) is 48.6 Å². The van der Waals surface area contributed by atoms with Crippen LogP contribution in [-0.2, 0) is 4.79 Å². The first-order chi connectivity index (χ1) is 7.81. The molecule has 88 valence electrons. The normalized spacial score (nSPS) is 12.6. The van der Waals surface area contributed by atoms with Crippen LogP contribution in [0, 0.1) is 0 Å². The third-order valence-corrected chi connectivity index (χ3v) is 1.93. The number of rotatable bonds is 8. The Labute approximate surface area is 99.3 Å². The van der Waals surface area contributed by atoms with Gasteiger partial charge in [-0.15, -0.1) is 0 Å².